The largest absolute Gasteiger partial charge is 0.518 e. The molecule has 2 unspecified atom stereocenters. The van der Waals surface area contributed by atoms with Crippen molar-refractivity contribution in [2.75, 3.05) is 13.2 Å². The van der Waals surface area contributed by atoms with Gasteiger partial charge in [0.25, 0.3) is 14.3 Å². The van der Waals surface area contributed by atoms with Crippen LogP contribution in [-0.4, -0.2) is 36.8 Å². The molecule has 0 N–H and O–H groups in total. The Morgan fingerprint density at radius 1 is 0.966 bits per heavy atom. The summed E-state index contributed by atoms with van der Waals surface area (Å²) in [5, 5.41) is -0.653. The second kappa shape index (κ2) is 11.4. The second-order valence-corrected chi connectivity index (χ2v) is 16.1. The Balaban J connectivity index is 2.40. The van der Waals surface area contributed by atoms with E-state index in [1.54, 1.807) is 0 Å². The van der Waals surface area contributed by atoms with Gasteiger partial charge in [-0.05, 0) is 69.5 Å². The van der Waals surface area contributed by atoms with Crippen LogP contribution in [0, 0.1) is 0 Å². The van der Waals surface area contributed by atoms with E-state index in [1.165, 1.54) is 51.4 Å². The van der Waals surface area contributed by atoms with Crippen LogP contribution in [0.3, 0.4) is 0 Å². The number of rotatable bonds is 12. The van der Waals surface area contributed by atoms with Gasteiger partial charge in [-0.25, -0.2) is 0 Å². The molecule has 0 aliphatic heterocycles. The summed E-state index contributed by atoms with van der Waals surface area (Å²) in [6.07, 6.45) is 12.1. The average Bonchev–Trinajstić information content (AvgIpc) is 3.45. The van der Waals surface area contributed by atoms with Gasteiger partial charge in [0.1, 0.15) is 5.04 Å². The quantitative estimate of drug-likeness (QED) is 0.309. The average molecular weight is 442 g/mol. The monoisotopic (exact) mass is 441 g/mol. The van der Waals surface area contributed by atoms with Gasteiger partial charge >= 0.3 is 9.28 Å². The zero-order valence-electron chi connectivity index (χ0n) is 19.9. The third-order valence-corrected chi connectivity index (χ3v) is 16.6. The van der Waals surface area contributed by atoms with Gasteiger partial charge in [-0.1, -0.05) is 52.9 Å². The van der Waals surface area contributed by atoms with Crippen molar-refractivity contribution in [2.24, 2.45) is 0 Å². The van der Waals surface area contributed by atoms with E-state index in [4.69, 9.17) is 13.3 Å². The molecule has 1 radical (unpaired) electrons. The molecule has 0 aromatic carbocycles. The van der Waals surface area contributed by atoms with Crippen LogP contribution in [0.15, 0.2) is 0 Å². The highest BCUT2D eigenvalue weighted by molar-refractivity contribution is 6.79. The highest BCUT2D eigenvalue weighted by Gasteiger charge is 2.59. The van der Waals surface area contributed by atoms with Gasteiger partial charge in [-0.3, -0.25) is 4.79 Å². The van der Waals surface area contributed by atoms with E-state index in [0.717, 1.165) is 6.42 Å². The van der Waals surface area contributed by atoms with Crippen molar-refractivity contribution in [3.63, 3.8) is 0 Å². The zero-order valence-corrected chi connectivity index (χ0v) is 21.9. The summed E-state index contributed by atoms with van der Waals surface area (Å²) in [6, 6.07) is 0. The maximum atomic E-state index is 13.9. The highest BCUT2D eigenvalue weighted by Crippen LogP contribution is 2.57. The van der Waals surface area contributed by atoms with Gasteiger partial charge in [0.2, 0.25) is 0 Å². The first-order chi connectivity index (χ1) is 13.9. The summed E-state index contributed by atoms with van der Waals surface area (Å²) in [5.74, 6) is -0.0124. The minimum Gasteiger partial charge on any atom is -0.518 e. The van der Waals surface area contributed by atoms with E-state index in [1.807, 2.05) is 20.8 Å². The third kappa shape index (κ3) is 5.18. The fraction of sp³-hybridized carbons (Fsp3) is 0.957. The first kappa shape index (κ1) is 25.1. The summed E-state index contributed by atoms with van der Waals surface area (Å²) in [4.78, 5) is 13.9. The minimum atomic E-state index is -2.26. The van der Waals surface area contributed by atoms with Crippen LogP contribution in [0.4, 0.5) is 0 Å². The maximum Gasteiger partial charge on any atom is 0.402 e. The number of carbonyl (C=O) groups excluding carboxylic acids is 1. The molecule has 2 rings (SSSR count). The van der Waals surface area contributed by atoms with Crippen molar-refractivity contribution in [3.05, 3.63) is 0 Å². The van der Waals surface area contributed by atoms with Gasteiger partial charge in [-0.2, -0.15) is 0 Å². The van der Waals surface area contributed by atoms with E-state index >= 15 is 0 Å². The molecule has 2 aliphatic rings. The van der Waals surface area contributed by atoms with Gasteiger partial charge in [0, 0.05) is 13.2 Å². The molecule has 0 spiro atoms. The van der Waals surface area contributed by atoms with Crippen molar-refractivity contribution in [1.82, 2.24) is 0 Å². The summed E-state index contributed by atoms with van der Waals surface area (Å²) < 4.78 is 19.0. The topological polar surface area (TPSA) is 44.8 Å². The first-order valence-corrected chi connectivity index (χ1v) is 15.7. The van der Waals surface area contributed by atoms with Crippen LogP contribution in [0.2, 0.25) is 21.7 Å². The Bertz CT molecular complexity index is 481. The molecule has 0 heterocycles. The lowest BCUT2D eigenvalue weighted by molar-refractivity contribution is -0.140. The normalized spacial score (nSPS) is 22.2. The Kier molecular flexibility index (Phi) is 9.90. The second-order valence-electron chi connectivity index (χ2n) is 9.35. The van der Waals surface area contributed by atoms with Crippen LogP contribution >= 0.6 is 0 Å². The molecule has 0 aromatic heterocycles. The molecule has 2 aliphatic carbocycles. The predicted molar refractivity (Wildman–Crippen MR) is 124 cm³/mol. The molecule has 29 heavy (non-hydrogen) atoms. The fourth-order valence-electron chi connectivity index (χ4n) is 5.75. The summed E-state index contributed by atoms with van der Waals surface area (Å²) in [5.41, 5.74) is 1.80. The predicted octanol–water partition coefficient (Wildman–Crippen LogP) is 6.90. The molecule has 169 valence electrons. The van der Waals surface area contributed by atoms with Crippen LogP contribution in [0.25, 0.3) is 0 Å². The summed E-state index contributed by atoms with van der Waals surface area (Å²) in [7, 11) is -3.99. The summed E-state index contributed by atoms with van der Waals surface area (Å²) >= 11 is 0. The molecule has 0 aromatic rings. The van der Waals surface area contributed by atoms with Crippen LogP contribution < -0.4 is 0 Å². The number of hydrogen-bond donors (Lipinski definition) is 0. The van der Waals surface area contributed by atoms with Crippen molar-refractivity contribution in [1.29, 1.82) is 0 Å². The minimum absolute atomic E-state index is 0.0124. The zero-order chi connectivity index (χ0) is 21.5. The molecule has 2 saturated carbocycles. The molecule has 4 nitrogen and oxygen atoms in total. The van der Waals surface area contributed by atoms with Gasteiger partial charge < -0.3 is 13.3 Å². The highest BCUT2D eigenvalue weighted by atomic mass is 28.4. The molecular weight excluding hydrogens is 396 g/mol. The molecule has 6 heteroatoms. The van der Waals surface area contributed by atoms with Crippen LogP contribution in [0.1, 0.15) is 106 Å². The smallest absolute Gasteiger partial charge is 0.402 e. The number of hydrogen-bond acceptors (Lipinski definition) is 4. The molecule has 0 bridgehead atoms. The van der Waals surface area contributed by atoms with E-state index in [9.17, 15) is 4.79 Å². The van der Waals surface area contributed by atoms with E-state index in [0.29, 0.717) is 36.3 Å². The van der Waals surface area contributed by atoms with Gasteiger partial charge in [0.05, 0.1) is 0 Å². The Morgan fingerprint density at radius 2 is 1.41 bits per heavy atom. The van der Waals surface area contributed by atoms with E-state index in [-0.39, 0.29) is 5.97 Å². The van der Waals surface area contributed by atoms with Crippen molar-refractivity contribution in [3.8, 4) is 0 Å². The molecule has 0 amide bonds. The lowest BCUT2D eigenvalue weighted by Gasteiger charge is -2.47. The standard InChI is InChI=1S/C23H45O4Si2/c1-7-19(5)29(20-15-11-12-16-20,21-17-13-14-18-21)27-22(24)23(6,8-2)28(25-9-3)26-10-4/h19-21H,7-18H2,1-6H3. The Labute approximate surface area is 182 Å². The maximum absolute atomic E-state index is 13.9. The Morgan fingerprint density at radius 3 is 1.76 bits per heavy atom. The number of carbonyl (C=O) groups is 1. The van der Waals surface area contributed by atoms with Crippen LogP contribution in [-0.2, 0) is 18.1 Å². The Hall–Kier alpha value is -0.176. The fourth-order valence-corrected chi connectivity index (χ4v) is 14.2. The van der Waals surface area contributed by atoms with Crippen molar-refractivity contribution < 1.29 is 18.1 Å². The SMILES string of the molecule is CCO[Si](OCC)C(C)(CC)C(=O)O[Si](C(C)CC)(C1CCCC1)C1CCCC1. The van der Waals surface area contributed by atoms with E-state index in [2.05, 4.69) is 20.8 Å². The van der Waals surface area contributed by atoms with Crippen molar-refractivity contribution >= 4 is 23.6 Å². The van der Waals surface area contributed by atoms with E-state index < -0.39 is 22.6 Å². The van der Waals surface area contributed by atoms with Crippen molar-refractivity contribution in [2.45, 2.75) is 127 Å². The lowest BCUT2D eigenvalue weighted by Crippen LogP contribution is -2.55. The molecular formula is C23H45O4Si2. The van der Waals surface area contributed by atoms with Gasteiger partial charge in [-0.15, -0.1) is 0 Å². The lowest BCUT2D eigenvalue weighted by atomic mass is 10.1. The molecule has 2 fully saturated rings. The first-order valence-electron chi connectivity index (χ1n) is 12.3. The third-order valence-electron chi connectivity index (χ3n) is 7.80. The molecule has 0 saturated heterocycles. The molecule has 2 atom stereocenters. The summed E-state index contributed by atoms with van der Waals surface area (Å²) in [6.45, 7) is 13.9. The van der Waals surface area contributed by atoms with Crippen LogP contribution in [0.5, 0.6) is 0 Å². The van der Waals surface area contributed by atoms with Gasteiger partial charge in [0.15, 0.2) is 0 Å².